The monoisotopic (exact) mass is 334 g/mol. The van der Waals surface area contributed by atoms with Crippen molar-refractivity contribution in [2.45, 2.75) is 24.7 Å². The third-order valence-electron chi connectivity index (χ3n) is 4.92. The molecule has 1 saturated heterocycles. The van der Waals surface area contributed by atoms with Crippen LogP contribution in [-0.4, -0.2) is 25.7 Å². The maximum absolute atomic E-state index is 12.5. The lowest BCUT2D eigenvalue weighted by Crippen LogP contribution is -2.41. The van der Waals surface area contributed by atoms with Gasteiger partial charge < -0.3 is 10.1 Å². The van der Waals surface area contributed by atoms with Crippen LogP contribution in [0.5, 0.6) is 0 Å². The number of ether oxygens (including phenoxy) is 1. The number of nitrogens with zero attached hydrogens (tertiary/aromatic N) is 1. The quantitative estimate of drug-likeness (QED) is 0.932. The number of hydrogen-bond donors (Lipinski definition) is 1. The minimum Gasteiger partial charge on any atom is -0.381 e. The Morgan fingerprint density at radius 2 is 1.84 bits per heavy atom. The van der Waals surface area contributed by atoms with Crippen LogP contribution in [0.1, 0.15) is 40.7 Å². The topological polar surface area (TPSA) is 62.1 Å². The lowest BCUT2D eigenvalue weighted by Gasteiger charge is -2.33. The Labute approximate surface area is 148 Å². The largest absolute Gasteiger partial charge is 0.381 e. The molecule has 1 fully saturated rings. The molecule has 0 aliphatic carbocycles. The van der Waals surface area contributed by atoms with Gasteiger partial charge >= 0.3 is 0 Å². The van der Waals surface area contributed by atoms with E-state index in [1.54, 1.807) is 24.3 Å². The fraction of sp³-hybridized carbons (Fsp3) is 0.333. The first-order valence-electron chi connectivity index (χ1n) is 8.65. The first-order valence-corrected chi connectivity index (χ1v) is 8.65. The Morgan fingerprint density at radius 3 is 2.56 bits per heavy atom. The summed E-state index contributed by atoms with van der Waals surface area (Å²) in [5.74, 6) is -0.107. The summed E-state index contributed by atoms with van der Waals surface area (Å²) in [7, 11) is 0. The maximum atomic E-state index is 12.5. The number of hydrogen-bond acceptors (Lipinski definition) is 3. The molecule has 1 amide bonds. The number of nitriles is 1. The SMILES string of the molecule is N#Cc1ccc(C(=O)NC[C@]2(c3ccccc3)CCCOCC2)cc1. The number of rotatable bonds is 4. The van der Waals surface area contributed by atoms with Gasteiger partial charge in [0.1, 0.15) is 0 Å². The van der Waals surface area contributed by atoms with Crippen molar-refractivity contribution in [2.24, 2.45) is 0 Å². The third-order valence-corrected chi connectivity index (χ3v) is 4.92. The average molecular weight is 334 g/mol. The summed E-state index contributed by atoms with van der Waals surface area (Å²) in [6, 6.07) is 19.2. The van der Waals surface area contributed by atoms with Crippen LogP contribution < -0.4 is 5.32 Å². The molecule has 1 heterocycles. The summed E-state index contributed by atoms with van der Waals surface area (Å²) in [6.45, 7) is 2.07. The van der Waals surface area contributed by atoms with Crippen LogP contribution in [0.3, 0.4) is 0 Å². The minimum absolute atomic E-state index is 0.0972. The first kappa shape index (κ1) is 17.2. The summed E-state index contributed by atoms with van der Waals surface area (Å²) in [5.41, 5.74) is 2.28. The Hall–Kier alpha value is -2.64. The van der Waals surface area contributed by atoms with Crippen LogP contribution in [-0.2, 0) is 10.2 Å². The fourth-order valence-corrected chi connectivity index (χ4v) is 3.41. The van der Waals surface area contributed by atoms with Gasteiger partial charge in [0.2, 0.25) is 0 Å². The van der Waals surface area contributed by atoms with Crippen molar-refractivity contribution in [3.8, 4) is 6.07 Å². The van der Waals surface area contributed by atoms with Crippen molar-refractivity contribution in [1.82, 2.24) is 5.32 Å². The summed E-state index contributed by atoms with van der Waals surface area (Å²) in [6.07, 6.45) is 2.87. The Kier molecular flexibility index (Phi) is 5.47. The lowest BCUT2D eigenvalue weighted by molar-refractivity contribution is 0.0937. The molecule has 1 N–H and O–H groups in total. The van der Waals surface area contributed by atoms with E-state index in [-0.39, 0.29) is 11.3 Å². The van der Waals surface area contributed by atoms with Crippen LogP contribution in [0.15, 0.2) is 54.6 Å². The molecular weight excluding hydrogens is 312 g/mol. The molecule has 0 saturated carbocycles. The van der Waals surface area contributed by atoms with Crippen LogP contribution in [0, 0.1) is 11.3 Å². The van der Waals surface area contributed by atoms with Crippen molar-refractivity contribution in [3.63, 3.8) is 0 Å². The van der Waals surface area contributed by atoms with E-state index in [1.165, 1.54) is 5.56 Å². The van der Waals surface area contributed by atoms with E-state index >= 15 is 0 Å². The van der Waals surface area contributed by atoms with Crippen molar-refractivity contribution >= 4 is 5.91 Å². The smallest absolute Gasteiger partial charge is 0.251 e. The molecule has 4 heteroatoms. The molecule has 1 atom stereocenters. The molecule has 0 radical (unpaired) electrons. The van der Waals surface area contributed by atoms with Crippen molar-refractivity contribution in [2.75, 3.05) is 19.8 Å². The lowest BCUT2D eigenvalue weighted by atomic mass is 9.74. The molecule has 1 aliphatic rings. The predicted molar refractivity (Wildman–Crippen MR) is 96.3 cm³/mol. The number of benzene rings is 2. The summed E-state index contributed by atoms with van der Waals surface area (Å²) in [5, 5.41) is 12.0. The van der Waals surface area contributed by atoms with Gasteiger partial charge in [-0.2, -0.15) is 5.26 Å². The second-order valence-corrected chi connectivity index (χ2v) is 6.48. The molecule has 0 spiro atoms. The Morgan fingerprint density at radius 1 is 1.08 bits per heavy atom. The molecule has 2 aromatic carbocycles. The number of amides is 1. The molecule has 25 heavy (non-hydrogen) atoms. The van der Waals surface area contributed by atoms with Gasteiger partial charge in [0.25, 0.3) is 5.91 Å². The standard InChI is InChI=1S/C21H22N2O2/c22-15-17-7-9-18(10-8-17)20(24)23-16-21(11-4-13-25-14-12-21)19-5-2-1-3-6-19/h1-3,5-10H,4,11-14,16H2,(H,23,24)/t21-/m0/s1. The summed E-state index contributed by atoms with van der Waals surface area (Å²) >= 11 is 0. The first-order chi connectivity index (χ1) is 12.2. The van der Waals surface area contributed by atoms with Gasteiger partial charge in [-0.25, -0.2) is 0 Å². The van der Waals surface area contributed by atoms with Gasteiger partial charge in [-0.3, -0.25) is 4.79 Å². The van der Waals surface area contributed by atoms with Gasteiger partial charge in [-0.1, -0.05) is 30.3 Å². The van der Waals surface area contributed by atoms with Gasteiger partial charge in [0.05, 0.1) is 11.6 Å². The van der Waals surface area contributed by atoms with Crippen LogP contribution in [0.2, 0.25) is 0 Å². The van der Waals surface area contributed by atoms with E-state index in [4.69, 9.17) is 10.00 Å². The molecule has 0 unspecified atom stereocenters. The van der Waals surface area contributed by atoms with Gasteiger partial charge in [0, 0.05) is 30.7 Å². The third kappa shape index (κ3) is 4.07. The van der Waals surface area contributed by atoms with Crippen molar-refractivity contribution in [1.29, 1.82) is 5.26 Å². The highest BCUT2D eigenvalue weighted by Crippen LogP contribution is 2.34. The molecule has 1 aliphatic heterocycles. The number of carbonyl (C=O) groups is 1. The average Bonchev–Trinajstić information content (AvgIpc) is 2.93. The Balaban J connectivity index is 1.76. The number of carbonyl (C=O) groups excluding carboxylic acids is 1. The Bertz CT molecular complexity index is 740. The van der Waals surface area contributed by atoms with Crippen molar-refractivity contribution in [3.05, 3.63) is 71.3 Å². The summed E-state index contributed by atoms with van der Waals surface area (Å²) < 4.78 is 5.64. The van der Waals surface area contributed by atoms with Gasteiger partial charge in [-0.15, -0.1) is 0 Å². The molecular formula is C21H22N2O2. The maximum Gasteiger partial charge on any atom is 0.251 e. The molecule has 2 aromatic rings. The van der Waals surface area contributed by atoms with Crippen molar-refractivity contribution < 1.29 is 9.53 Å². The predicted octanol–water partition coefficient (Wildman–Crippen LogP) is 3.43. The zero-order chi connectivity index (χ0) is 17.5. The normalized spacial score (nSPS) is 20.3. The summed E-state index contributed by atoms with van der Waals surface area (Å²) in [4.78, 5) is 12.5. The van der Waals surface area contributed by atoms with E-state index in [2.05, 4.69) is 23.5 Å². The van der Waals surface area contributed by atoms with E-state index < -0.39 is 0 Å². The van der Waals surface area contributed by atoms with E-state index in [9.17, 15) is 4.79 Å². The van der Waals surface area contributed by atoms with Gasteiger partial charge in [0.15, 0.2) is 0 Å². The van der Waals surface area contributed by atoms with E-state index in [1.807, 2.05) is 18.2 Å². The molecule has 4 nitrogen and oxygen atoms in total. The molecule has 128 valence electrons. The zero-order valence-electron chi connectivity index (χ0n) is 14.2. The minimum atomic E-state index is -0.107. The second-order valence-electron chi connectivity index (χ2n) is 6.48. The highest BCUT2D eigenvalue weighted by atomic mass is 16.5. The highest BCUT2D eigenvalue weighted by molar-refractivity contribution is 5.94. The molecule has 0 aromatic heterocycles. The fourth-order valence-electron chi connectivity index (χ4n) is 3.41. The second kappa shape index (κ2) is 7.96. The van der Waals surface area contributed by atoms with E-state index in [0.29, 0.717) is 24.3 Å². The van der Waals surface area contributed by atoms with Crippen LogP contribution in [0.4, 0.5) is 0 Å². The van der Waals surface area contributed by atoms with E-state index in [0.717, 1.165) is 25.9 Å². The van der Waals surface area contributed by atoms with Crippen LogP contribution >= 0.6 is 0 Å². The number of nitrogens with one attached hydrogen (secondary N) is 1. The highest BCUT2D eigenvalue weighted by Gasteiger charge is 2.33. The van der Waals surface area contributed by atoms with Gasteiger partial charge in [-0.05, 0) is 49.1 Å². The molecule has 3 rings (SSSR count). The molecule has 0 bridgehead atoms. The van der Waals surface area contributed by atoms with Crippen LogP contribution in [0.25, 0.3) is 0 Å². The zero-order valence-corrected chi connectivity index (χ0v) is 14.2.